The third kappa shape index (κ3) is 4.47. The zero-order valence-electron chi connectivity index (χ0n) is 12.0. The molecule has 0 aromatic heterocycles. The molecule has 2 rings (SSSR count). The first-order valence-corrected chi connectivity index (χ1v) is 7.43. The standard InChI is InChI=1S/C16H23ClFN/c1-11-8-12(14(17)9-15(11)18)6-7-16(2,3)10-19-13-4-5-13/h8-9,13,19H,4-7,10H2,1-3H3. The maximum atomic E-state index is 13.4. The van der Waals surface area contributed by atoms with E-state index in [1.165, 1.54) is 18.9 Å². The molecule has 1 aliphatic rings. The Kier molecular flexibility index (Phi) is 4.52. The SMILES string of the molecule is Cc1cc(CCC(C)(C)CNC2CC2)c(Cl)cc1F. The summed E-state index contributed by atoms with van der Waals surface area (Å²) in [6.45, 7) is 7.36. The topological polar surface area (TPSA) is 12.0 Å². The third-order valence-electron chi connectivity index (χ3n) is 3.85. The highest BCUT2D eigenvalue weighted by Crippen LogP contribution is 2.28. The lowest BCUT2D eigenvalue weighted by molar-refractivity contribution is 0.313. The van der Waals surface area contributed by atoms with Gasteiger partial charge in [0.2, 0.25) is 0 Å². The van der Waals surface area contributed by atoms with E-state index in [1.54, 1.807) is 6.92 Å². The highest BCUT2D eigenvalue weighted by atomic mass is 35.5. The van der Waals surface area contributed by atoms with Crippen molar-refractivity contribution in [2.75, 3.05) is 6.54 Å². The Labute approximate surface area is 120 Å². The van der Waals surface area contributed by atoms with Gasteiger partial charge in [0, 0.05) is 17.6 Å². The molecular weight excluding hydrogens is 261 g/mol. The van der Waals surface area contributed by atoms with Gasteiger partial charge >= 0.3 is 0 Å². The molecular formula is C16H23ClFN. The van der Waals surface area contributed by atoms with Gasteiger partial charge in [0.1, 0.15) is 5.82 Å². The van der Waals surface area contributed by atoms with Crippen LogP contribution in [0.4, 0.5) is 4.39 Å². The Morgan fingerprint density at radius 2 is 2.05 bits per heavy atom. The fourth-order valence-corrected chi connectivity index (χ4v) is 2.42. The van der Waals surface area contributed by atoms with Crippen LogP contribution >= 0.6 is 11.6 Å². The molecule has 1 aromatic rings. The molecule has 0 aliphatic heterocycles. The lowest BCUT2D eigenvalue weighted by Gasteiger charge is -2.25. The van der Waals surface area contributed by atoms with E-state index in [4.69, 9.17) is 11.6 Å². The van der Waals surface area contributed by atoms with E-state index < -0.39 is 0 Å². The van der Waals surface area contributed by atoms with Crippen molar-refractivity contribution in [2.45, 2.75) is 52.5 Å². The van der Waals surface area contributed by atoms with Crippen LogP contribution in [0.1, 0.15) is 44.2 Å². The van der Waals surface area contributed by atoms with E-state index in [0.29, 0.717) is 10.6 Å². The second-order valence-electron chi connectivity index (χ2n) is 6.51. The summed E-state index contributed by atoms with van der Waals surface area (Å²) in [5, 5.41) is 4.13. The van der Waals surface area contributed by atoms with Crippen LogP contribution in [-0.4, -0.2) is 12.6 Å². The summed E-state index contributed by atoms with van der Waals surface area (Å²) in [5.74, 6) is -0.219. The molecule has 0 bridgehead atoms. The Balaban J connectivity index is 1.91. The van der Waals surface area contributed by atoms with Crippen molar-refractivity contribution in [2.24, 2.45) is 5.41 Å². The van der Waals surface area contributed by atoms with Crippen molar-refractivity contribution in [3.63, 3.8) is 0 Å². The van der Waals surface area contributed by atoms with Crippen LogP contribution in [0.25, 0.3) is 0 Å². The van der Waals surface area contributed by atoms with Gasteiger partial charge in [-0.05, 0) is 55.2 Å². The molecule has 0 unspecified atom stereocenters. The lowest BCUT2D eigenvalue weighted by atomic mass is 9.86. The van der Waals surface area contributed by atoms with Crippen LogP contribution in [-0.2, 0) is 6.42 Å². The molecule has 0 saturated heterocycles. The van der Waals surface area contributed by atoms with Gasteiger partial charge in [-0.15, -0.1) is 0 Å². The van der Waals surface area contributed by atoms with Gasteiger partial charge < -0.3 is 5.32 Å². The molecule has 1 aliphatic carbocycles. The fraction of sp³-hybridized carbons (Fsp3) is 0.625. The van der Waals surface area contributed by atoms with Crippen molar-refractivity contribution in [1.82, 2.24) is 5.32 Å². The second kappa shape index (κ2) is 5.80. The number of rotatable bonds is 6. The Morgan fingerprint density at radius 3 is 2.68 bits per heavy atom. The molecule has 1 saturated carbocycles. The van der Waals surface area contributed by atoms with Gasteiger partial charge in [0.15, 0.2) is 0 Å². The normalized spacial score (nSPS) is 15.8. The Morgan fingerprint density at radius 1 is 1.37 bits per heavy atom. The molecule has 3 heteroatoms. The first kappa shape index (κ1) is 14.8. The molecule has 1 aromatic carbocycles. The van der Waals surface area contributed by atoms with Gasteiger partial charge in [-0.3, -0.25) is 0 Å². The third-order valence-corrected chi connectivity index (χ3v) is 4.20. The molecule has 1 N–H and O–H groups in total. The first-order valence-electron chi connectivity index (χ1n) is 7.05. The maximum Gasteiger partial charge on any atom is 0.127 e. The van der Waals surface area contributed by atoms with Crippen LogP contribution in [0.2, 0.25) is 5.02 Å². The highest BCUT2D eigenvalue weighted by molar-refractivity contribution is 6.31. The Hall–Kier alpha value is -0.600. The van der Waals surface area contributed by atoms with Crippen molar-refractivity contribution in [3.8, 4) is 0 Å². The second-order valence-corrected chi connectivity index (χ2v) is 6.92. The highest BCUT2D eigenvalue weighted by Gasteiger charge is 2.25. The van der Waals surface area contributed by atoms with Gasteiger partial charge in [0.25, 0.3) is 0 Å². The molecule has 0 amide bonds. The number of hydrogen-bond donors (Lipinski definition) is 1. The molecule has 0 atom stereocenters. The molecule has 106 valence electrons. The summed E-state index contributed by atoms with van der Waals surface area (Å²) in [6, 6.07) is 4.06. The van der Waals surface area contributed by atoms with Gasteiger partial charge in [-0.1, -0.05) is 31.5 Å². The van der Waals surface area contributed by atoms with Crippen LogP contribution in [0.3, 0.4) is 0 Å². The lowest BCUT2D eigenvalue weighted by Crippen LogP contribution is -2.31. The average Bonchev–Trinajstić information content (AvgIpc) is 3.14. The quantitative estimate of drug-likeness (QED) is 0.811. The summed E-state index contributed by atoms with van der Waals surface area (Å²) in [7, 11) is 0. The molecule has 0 heterocycles. The first-order chi connectivity index (χ1) is 8.87. The average molecular weight is 284 g/mol. The smallest absolute Gasteiger partial charge is 0.127 e. The summed E-state index contributed by atoms with van der Waals surface area (Å²) in [5.41, 5.74) is 1.97. The molecule has 0 spiro atoms. The van der Waals surface area contributed by atoms with Gasteiger partial charge in [-0.25, -0.2) is 4.39 Å². The number of nitrogens with one attached hydrogen (secondary N) is 1. The predicted molar refractivity (Wildman–Crippen MR) is 79.3 cm³/mol. The Bertz CT molecular complexity index is 452. The van der Waals surface area contributed by atoms with Crippen LogP contribution in [0.5, 0.6) is 0 Å². The number of benzene rings is 1. The van der Waals surface area contributed by atoms with Crippen molar-refractivity contribution in [1.29, 1.82) is 0 Å². The van der Waals surface area contributed by atoms with E-state index in [-0.39, 0.29) is 11.2 Å². The minimum Gasteiger partial charge on any atom is -0.313 e. The summed E-state index contributed by atoms with van der Waals surface area (Å²) in [6.07, 6.45) is 4.59. The number of hydrogen-bond acceptors (Lipinski definition) is 1. The van der Waals surface area contributed by atoms with E-state index in [0.717, 1.165) is 31.0 Å². The molecule has 19 heavy (non-hydrogen) atoms. The summed E-state index contributed by atoms with van der Waals surface area (Å²) in [4.78, 5) is 0. The zero-order chi connectivity index (χ0) is 14.0. The predicted octanol–water partition coefficient (Wildman–Crippen LogP) is 4.50. The van der Waals surface area contributed by atoms with Gasteiger partial charge in [-0.2, -0.15) is 0 Å². The molecule has 1 nitrogen and oxygen atoms in total. The fourth-order valence-electron chi connectivity index (χ4n) is 2.18. The van der Waals surface area contributed by atoms with Crippen LogP contribution in [0, 0.1) is 18.2 Å². The maximum absolute atomic E-state index is 13.4. The monoisotopic (exact) mass is 283 g/mol. The van der Waals surface area contributed by atoms with E-state index in [2.05, 4.69) is 19.2 Å². The zero-order valence-corrected chi connectivity index (χ0v) is 12.8. The molecule has 0 radical (unpaired) electrons. The molecule has 1 fully saturated rings. The number of halogens is 2. The van der Waals surface area contributed by atoms with Crippen LogP contribution in [0.15, 0.2) is 12.1 Å². The van der Waals surface area contributed by atoms with E-state index in [1.807, 2.05) is 6.07 Å². The minimum absolute atomic E-state index is 0.219. The van der Waals surface area contributed by atoms with Crippen molar-refractivity contribution < 1.29 is 4.39 Å². The van der Waals surface area contributed by atoms with Crippen LogP contribution < -0.4 is 5.32 Å². The summed E-state index contributed by atoms with van der Waals surface area (Å²) >= 11 is 6.11. The van der Waals surface area contributed by atoms with E-state index in [9.17, 15) is 4.39 Å². The largest absolute Gasteiger partial charge is 0.313 e. The van der Waals surface area contributed by atoms with E-state index >= 15 is 0 Å². The minimum atomic E-state index is -0.219. The van der Waals surface area contributed by atoms with Gasteiger partial charge in [0.05, 0.1) is 0 Å². The van der Waals surface area contributed by atoms with Crippen molar-refractivity contribution in [3.05, 3.63) is 34.1 Å². The number of aryl methyl sites for hydroxylation is 2. The van der Waals surface area contributed by atoms with Crippen molar-refractivity contribution >= 4 is 11.6 Å². The summed E-state index contributed by atoms with van der Waals surface area (Å²) < 4.78 is 13.4.